The third-order valence-electron chi connectivity index (χ3n) is 3.48. The Balaban J connectivity index is 1.53. The molecule has 0 atom stereocenters. The van der Waals surface area contributed by atoms with Crippen molar-refractivity contribution < 1.29 is 14.4 Å². The molecule has 0 aromatic carbocycles. The molecule has 0 amide bonds. The van der Waals surface area contributed by atoms with Gasteiger partial charge in [0.15, 0.2) is 0 Å². The van der Waals surface area contributed by atoms with Crippen LogP contribution in [0.2, 0.25) is 0 Å². The van der Waals surface area contributed by atoms with Gasteiger partial charge in [0.1, 0.15) is 5.69 Å². The minimum absolute atomic E-state index is 0.0136. The highest BCUT2D eigenvalue weighted by atomic mass is 32.2. The third kappa shape index (κ3) is 3.60. The first-order chi connectivity index (χ1) is 10.2. The van der Waals surface area contributed by atoms with Gasteiger partial charge in [-0.15, -0.1) is 0 Å². The van der Waals surface area contributed by atoms with Crippen LogP contribution in [0.4, 0.5) is 0 Å². The van der Waals surface area contributed by atoms with Crippen LogP contribution < -0.4 is 0 Å². The number of aromatic nitrogens is 3. The van der Waals surface area contributed by atoms with Gasteiger partial charge in [0.25, 0.3) is 0 Å². The lowest BCUT2D eigenvalue weighted by molar-refractivity contribution is -0.138. The fourth-order valence-corrected chi connectivity index (χ4v) is 3.35. The summed E-state index contributed by atoms with van der Waals surface area (Å²) in [5, 5.41) is 12.8. The molecule has 1 fully saturated rings. The van der Waals surface area contributed by atoms with E-state index in [2.05, 4.69) is 15.1 Å². The Morgan fingerprint density at radius 3 is 2.95 bits per heavy atom. The molecule has 1 aliphatic carbocycles. The fraction of sp³-hybridized carbons (Fsp3) is 0.429. The molecule has 0 unspecified atom stereocenters. The Morgan fingerprint density at radius 2 is 2.29 bits per heavy atom. The number of nitrogens with zero attached hydrogens (tertiary/aromatic N) is 3. The number of aliphatic carboxylic acids is 1. The van der Waals surface area contributed by atoms with E-state index in [4.69, 9.17) is 9.63 Å². The predicted octanol–water partition coefficient (Wildman–Crippen LogP) is 2.62. The second-order valence-corrected chi connectivity index (χ2v) is 6.28. The van der Waals surface area contributed by atoms with E-state index in [0.717, 1.165) is 18.6 Å². The molecule has 3 rings (SSSR count). The Labute approximate surface area is 126 Å². The number of carboxylic acids is 1. The van der Waals surface area contributed by atoms with Gasteiger partial charge in [-0.3, -0.25) is 9.78 Å². The van der Waals surface area contributed by atoms with Gasteiger partial charge < -0.3 is 9.63 Å². The van der Waals surface area contributed by atoms with Crippen molar-refractivity contribution in [1.82, 2.24) is 15.1 Å². The molecule has 21 heavy (non-hydrogen) atoms. The van der Waals surface area contributed by atoms with Crippen LogP contribution in [-0.2, 0) is 10.5 Å². The quantitative estimate of drug-likeness (QED) is 0.841. The first-order valence-electron chi connectivity index (χ1n) is 6.70. The summed E-state index contributed by atoms with van der Waals surface area (Å²) in [6, 6.07) is 5.53. The van der Waals surface area contributed by atoms with Crippen molar-refractivity contribution in [2.45, 2.75) is 25.0 Å². The molecular formula is C14H15N3O3S. The lowest BCUT2D eigenvalue weighted by Crippen LogP contribution is -2.11. The average molecular weight is 305 g/mol. The van der Waals surface area contributed by atoms with Gasteiger partial charge >= 0.3 is 5.97 Å². The van der Waals surface area contributed by atoms with E-state index in [1.807, 2.05) is 18.2 Å². The molecule has 1 saturated carbocycles. The molecular weight excluding hydrogens is 290 g/mol. The van der Waals surface area contributed by atoms with E-state index in [-0.39, 0.29) is 11.8 Å². The van der Waals surface area contributed by atoms with Crippen LogP contribution in [0.1, 0.15) is 25.2 Å². The van der Waals surface area contributed by atoms with E-state index < -0.39 is 5.97 Å². The Kier molecular flexibility index (Phi) is 3.92. The maximum atomic E-state index is 10.8. The highest BCUT2D eigenvalue weighted by Crippen LogP contribution is 2.51. The third-order valence-corrected chi connectivity index (χ3v) is 4.75. The molecule has 1 N–H and O–H groups in total. The molecule has 7 heteroatoms. The lowest BCUT2D eigenvalue weighted by atomic mass is 10.1. The Hall–Kier alpha value is -1.89. The molecule has 0 spiro atoms. The van der Waals surface area contributed by atoms with Crippen LogP contribution in [-0.4, -0.2) is 32.0 Å². The molecule has 0 aliphatic heterocycles. The summed E-state index contributed by atoms with van der Waals surface area (Å²) in [4.78, 5) is 19.3. The SMILES string of the molecule is O=C(O)CC1(CSCc2nc(-c3ccccn3)no2)CC1. The minimum Gasteiger partial charge on any atom is -0.481 e. The number of carbonyl (C=O) groups is 1. The Bertz CT molecular complexity index is 625. The number of thioether (sulfide) groups is 1. The Morgan fingerprint density at radius 1 is 1.43 bits per heavy atom. The van der Waals surface area contributed by atoms with Gasteiger partial charge in [0.05, 0.1) is 12.2 Å². The van der Waals surface area contributed by atoms with Gasteiger partial charge in [-0.2, -0.15) is 16.7 Å². The maximum absolute atomic E-state index is 10.8. The van der Waals surface area contributed by atoms with E-state index in [1.165, 1.54) is 0 Å². The van der Waals surface area contributed by atoms with E-state index >= 15 is 0 Å². The number of rotatable bonds is 7. The van der Waals surface area contributed by atoms with Crippen LogP contribution in [0.25, 0.3) is 11.5 Å². The summed E-state index contributed by atoms with van der Waals surface area (Å²) < 4.78 is 5.20. The summed E-state index contributed by atoms with van der Waals surface area (Å²) in [6.07, 6.45) is 3.93. The van der Waals surface area contributed by atoms with Crippen molar-refractivity contribution in [2.24, 2.45) is 5.41 Å². The summed E-state index contributed by atoms with van der Waals surface area (Å²) in [6.45, 7) is 0. The highest BCUT2D eigenvalue weighted by molar-refractivity contribution is 7.98. The van der Waals surface area contributed by atoms with Crippen molar-refractivity contribution in [3.63, 3.8) is 0 Å². The monoisotopic (exact) mass is 305 g/mol. The fourth-order valence-electron chi connectivity index (χ4n) is 2.14. The lowest BCUT2D eigenvalue weighted by Gasteiger charge is -2.10. The van der Waals surface area contributed by atoms with Crippen molar-refractivity contribution in [3.8, 4) is 11.5 Å². The number of hydrogen-bond donors (Lipinski definition) is 1. The smallest absolute Gasteiger partial charge is 0.303 e. The molecule has 0 saturated heterocycles. The van der Waals surface area contributed by atoms with E-state index in [0.29, 0.717) is 23.2 Å². The summed E-state index contributed by atoms with van der Waals surface area (Å²) in [5.74, 6) is 1.73. The zero-order valence-electron chi connectivity index (χ0n) is 11.4. The topological polar surface area (TPSA) is 89.1 Å². The van der Waals surface area contributed by atoms with E-state index in [9.17, 15) is 4.79 Å². The first kappa shape index (κ1) is 14.1. The molecule has 1 aliphatic rings. The van der Waals surface area contributed by atoms with Crippen molar-refractivity contribution >= 4 is 17.7 Å². The zero-order chi connectivity index (χ0) is 14.7. The average Bonchev–Trinajstić information content (AvgIpc) is 3.05. The van der Waals surface area contributed by atoms with Crippen LogP contribution in [0.15, 0.2) is 28.9 Å². The molecule has 2 aromatic heterocycles. The van der Waals surface area contributed by atoms with Crippen LogP contribution in [0.3, 0.4) is 0 Å². The van der Waals surface area contributed by atoms with Crippen LogP contribution in [0, 0.1) is 5.41 Å². The van der Waals surface area contributed by atoms with Gasteiger partial charge in [-0.1, -0.05) is 11.2 Å². The largest absolute Gasteiger partial charge is 0.481 e. The standard InChI is InChI=1S/C14H15N3O3S/c18-12(19)7-14(4-5-14)9-21-8-11-16-13(17-20-11)10-3-1-2-6-15-10/h1-3,6H,4-5,7-9H2,(H,18,19). The van der Waals surface area contributed by atoms with Crippen LogP contribution >= 0.6 is 11.8 Å². The summed E-state index contributed by atoms with van der Waals surface area (Å²) in [7, 11) is 0. The second-order valence-electron chi connectivity index (χ2n) is 5.29. The highest BCUT2D eigenvalue weighted by Gasteiger charge is 2.44. The normalized spacial score (nSPS) is 15.8. The molecule has 0 bridgehead atoms. The van der Waals surface area contributed by atoms with Crippen molar-refractivity contribution in [1.29, 1.82) is 0 Å². The number of pyridine rings is 1. The van der Waals surface area contributed by atoms with Gasteiger partial charge in [-0.25, -0.2) is 0 Å². The number of hydrogen-bond acceptors (Lipinski definition) is 6. The molecule has 0 radical (unpaired) electrons. The molecule has 110 valence electrons. The molecule has 2 heterocycles. The van der Waals surface area contributed by atoms with Crippen molar-refractivity contribution in [2.75, 3.05) is 5.75 Å². The summed E-state index contributed by atoms with van der Waals surface area (Å²) >= 11 is 1.65. The van der Waals surface area contributed by atoms with Gasteiger partial charge in [0, 0.05) is 6.20 Å². The number of carboxylic acid groups (broad SMARTS) is 1. The van der Waals surface area contributed by atoms with E-state index in [1.54, 1.807) is 18.0 Å². The van der Waals surface area contributed by atoms with Gasteiger partial charge in [-0.05, 0) is 36.1 Å². The minimum atomic E-state index is -0.719. The molecule has 2 aromatic rings. The zero-order valence-corrected chi connectivity index (χ0v) is 12.2. The summed E-state index contributed by atoms with van der Waals surface area (Å²) in [5.41, 5.74) is 0.669. The van der Waals surface area contributed by atoms with Crippen molar-refractivity contribution in [3.05, 3.63) is 30.3 Å². The van der Waals surface area contributed by atoms with Crippen LogP contribution in [0.5, 0.6) is 0 Å². The predicted molar refractivity (Wildman–Crippen MR) is 77.6 cm³/mol. The first-order valence-corrected chi connectivity index (χ1v) is 7.86. The second kappa shape index (κ2) is 5.85. The van der Waals surface area contributed by atoms with Gasteiger partial charge in [0.2, 0.25) is 11.7 Å². The molecule has 6 nitrogen and oxygen atoms in total. The maximum Gasteiger partial charge on any atom is 0.303 e.